The number of anilines is 1. The molecule has 154 valence electrons. The molecule has 5 nitrogen and oxygen atoms in total. The van der Waals surface area contributed by atoms with Crippen LogP contribution in [0.1, 0.15) is 31.4 Å². The van der Waals surface area contributed by atoms with Gasteiger partial charge in [-0.25, -0.2) is 0 Å². The molecule has 1 unspecified atom stereocenters. The molecule has 0 bridgehead atoms. The van der Waals surface area contributed by atoms with Crippen molar-refractivity contribution in [1.82, 2.24) is 0 Å². The third-order valence-corrected chi connectivity index (χ3v) is 4.46. The van der Waals surface area contributed by atoms with Crippen molar-refractivity contribution in [2.45, 2.75) is 26.9 Å². The molecule has 1 amide bonds. The quantitative estimate of drug-likeness (QED) is 0.389. The molecule has 3 rings (SSSR count). The van der Waals surface area contributed by atoms with Gasteiger partial charge in [0, 0.05) is 24.3 Å². The number of amides is 1. The van der Waals surface area contributed by atoms with E-state index >= 15 is 0 Å². The molecule has 0 aliphatic heterocycles. The minimum atomic E-state index is -0.387. The van der Waals surface area contributed by atoms with Gasteiger partial charge in [0.1, 0.15) is 18.1 Å². The van der Waals surface area contributed by atoms with E-state index in [4.69, 9.17) is 9.47 Å². The molecular formula is C25H25NO4. The van der Waals surface area contributed by atoms with Crippen LogP contribution in [0.25, 0.3) is 6.08 Å². The average Bonchev–Trinajstić information content (AvgIpc) is 2.71. The number of rotatable bonds is 7. The van der Waals surface area contributed by atoms with Gasteiger partial charge >= 0.3 is 5.97 Å². The highest BCUT2D eigenvalue weighted by Gasteiger charge is 2.08. The molecule has 5 heteroatoms. The number of nitrogens with one attached hydrogen (secondary N) is 1. The van der Waals surface area contributed by atoms with Gasteiger partial charge in [-0.15, -0.1) is 0 Å². The third kappa shape index (κ3) is 6.48. The summed E-state index contributed by atoms with van der Waals surface area (Å²) >= 11 is 0. The average molecular weight is 403 g/mol. The molecular weight excluding hydrogens is 378 g/mol. The van der Waals surface area contributed by atoms with Crippen LogP contribution in [0.4, 0.5) is 5.69 Å². The molecule has 1 aliphatic rings. The largest absolute Gasteiger partial charge is 0.489 e. The van der Waals surface area contributed by atoms with Gasteiger partial charge in [0.05, 0.1) is 0 Å². The minimum absolute atomic E-state index is 0.259. The number of hydrogen-bond donors (Lipinski definition) is 1. The Morgan fingerprint density at radius 1 is 1.17 bits per heavy atom. The Hall–Kier alpha value is -3.60. The number of ether oxygens (including phenoxy) is 2. The maximum Gasteiger partial charge on any atom is 0.308 e. The lowest BCUT2D eigenvalue weighted by Gasteiger charge is -2.15. The third-order valence-electron chi connectivity index (χ3n) is 4.46. The summed E-state index contributed by atoms with van der Waals surface area (Å²) in [7, 11) is 0. The highest BCUT2D eigenvalue weighted by molar-refractivity contribution is 6.02. The lowest BCUT2D eigenvalue weighted by Crippen LogP contribution is -2.10. The summed E-state index contributed by atoms with van der Waals surface area (Å²) in [6.45, 7) is 3.86. The van der Waals surface area contributed by atoms with Gasteiger partial charge in [0.2, 0.25) is 5.91 Å². The van der Waals surface area contributed by atoms with E-state index in [-0.39, 0.29) is 11.9 Å². The van der Waals surface area contributed by atoms with Crippen molar-refractivity contribution in [3.05, 3.63) is 89.7 Å². The summed E-state index contributed by atoms with van der Waals surface area (Å²) in [6.07, 6.45) is 10.3. The van der Waals surface area contributed by atoms with E-state index in [9.17, 15) is 9.59 Å². The van der Waals surface area contributed by atoms with Crippen molar-refractivity contribution in [1.29, 1.82) is 0 Å². The smallest absolute Gasteiger partial charge is 0.308 e. The lowest BCUT2D eigenvalue weighted by atomic mass is 10.0. The van der Waals surface area contributed by atoms with E-state index < -0.39 is 0 Å². The molecule has 0 saturated carbocycles. The van der Waals surface area contributed by atoms with Crippen LogP contribution < -0.4 is 10.1 Å². The van der Waals surface area contributed by atoms with Gasteiger partial charge in [0.25, 0.3) is 0 Å². The van der Waals surface area contributed by atoms with Crippen molar-refractivity contribution < 1.29 is 19.1 Å². The number of carbonyl (C=O) groups is 2. The van der Waals surface area contributed by atoms with E-state index in [1.807, 2.05) is 36.4 Å². The second kappa shape index (κ2) is 10.3. The van der Waals surface area contributed by atoms with Crippen LogP contribution in [0.15, 0.2) is 78.6 Å². The molecule has 0 heterocycles. The number of para-hydroxylation sites is 1. The van der Waals surface area contributed by atoms with Crippen LogP contribution in [0.5, 0.6) is 5.75 Å². The Balaban J connectivity index is 1.62. The molecule has 2 aromatic rings. The summed E-state index contributed by atoms with van der Waals surface area (Å²) in [5, 5.41) is 2.90. The summed E-state index contributed by atoms with van der Waals surface area (Å²) in [5.74, 6) is 1.10. The van der Waals surface area contributed by atoms with Crippen molar-refractivity contribution in [3.63, 3.8) is 0 Å². The van der Waals surface area contributed by atoms with Gasteiger partial charge in [-0.3, -0.25) is 9.59 Å². The standard InChI is InChI=1S/C25H25NO4/c1-18-7-5-10-22(15-18)29-17-21-9-3-4-12-24(21)26-25(28)14-13-20-8-6-11-23(16-20)30-19(2)27/h3-6,8-16,18H,7,17H2,1-2H3,(H,26,28). The Labute approximate surface area is 176 Å². The fourth-order valence-corrected chi connectivity index (χ4v) is 3.02. The number of hydrogen-bond acceptors (Lipinski definition) is 4. The molecule has 0 radical (unpaired) electrons. The summed E-state index contributed by atoms with van der Waals surface area (Å²) < 4.78 is 11.0. The predicted octanol–water partition coefficient (Wildman–Crippen LogP) is 5.26. The first-order valence-corrected chi connectivity index (χ1v) is 9.86. The van der Waals surface area contributed by atoms with Crippen LogP contribution in [-0.4, -0.2) is 11.9 Å². The predicted molar refractivity (Wildman–Crippen MR) is 118 cm³/mol. The maximum absolute atomic E-state index is 12.4. The van der Waals surface area contributed by atoms with Crippen molar-refractivity contribution in [3.8, 4) is 5.75 Å². The van der Waals surface area contributed by atoms with Crippen molar-refractivity contribution in [2.24, 2.45) is 5.92 Å². The van der Waals surface area contributed by atoms with Gasteiger partial charge < -0.3 is 14.8 Å². The van der Waals surface area contributed by atoms with Gasteiger partial charge in [0.15, 0.2) is 0 Å². The van der Waals surface area contributed by atoms with E-state index in [1.165, 1.54) is 13.0 Å². The van der Waals surface area contributed by atoms with Crippen LogP contribution in [-0.2, 0) is 20.9 Å². The van der Waals surface area contributed by atoms with Crippen LogP contribution in [0.2, 0.25) is 0 Å². The molecule has 1 atom stereocenters. The van der Waals surface area contributed by atoms with E-state index in [0.717, 1.165) is 23.3 Å². The highest BCUT2D eigenvalue weighted by atomic mass is 16.5. The van der Waals surface area contributed by atoms with Crippen LogP contribution >= 0.6 is 0 Å². The van der Waals surface area contributed by atoms with E-state index in [0.29, 0.717) is 24.0 Å². The topological polar surface area (TPSA) is 64.6 Å². The number of allylic oxidation sites excluding steroid dienone is 3. The van der Waals surface area contributed by atoms with Gasteiger partial charge in [-0.05, 0) is 54.3 Å². The molecule has 0 fully saturated rings. The normalized spacial score (nSPS) is 15.5. The molecule has 30 heavy (non-hydrogen) atoms. The number of benzene rings is 2. The Bertz CT molecular complexity index is 1000. The molecule has 0 saturated heterocycles. The fourth-order valence-electron chi connectivity index (χ4n) is 3.02. The molecule has 0 spiro atoms. The van der Waals surface area contributed by atoms with Crippen molar-refractivity contribution in [2.75, 3.05) is 5.32 Å². The zero-order valence-electron chi connectivity index (χ0n) is 17.1. The number of carbonyl (C=O) groups excluding carboxylic acids is 2. The number of esters is 1. The second-order valence-corrected chi connectivity index (χ2v) is 7.12. The van der Waals surface area contributed by atoms with Gasteiger partial charge in [-0.1, -0.05) is 43.3 Å². The fraction of sp³-hybridized carbons (Fsp3) is 0.200. The van der Waals surface area contributed by atoms with E-state index in [1.54, 1.807) is 24.3 Å². The van der Waals surface area contributed by atoms with Gasteiger partial charge in [-0.2, -0.15) is 0 Å². The summed E-state index contributed by atoms with van der Waals surface area (Å²) in [4.78, 5) is 23.5. The Morgan fingerprint density at radius 2 is 2.00 bits per heavy atom. The summed E-state index contributed by atoms with van der Waals surface area (Å²) in [6, 6.07) is 14.5. The molecule has 0 aromatic heterocycles. The van der Waals surface area contributed by atoms with Crippen LogP contribution in [0.3, 0.4) is 0 Å². The Kier molecular flexibility index (Phi) is 7.22. The first-order chi connectivity index (χ1) is 14.5. The summed E-state index contributed by atoms with van der Waals surface area (Å²) in [5.41, 5.74) is 2.35. The SMILES string of the molecule is CC(=O)Oc1cccc(C=CC(=O)Nc2ccccc2COC2=CC(C)CC=C2)c1. The zero-order chi connectivity index (χ0) is 21.3. The maximum atomic E-state index is 12.4. The highest BCUT2D eigenvalue weighted by Crippen LogP contribution is 2.21. The monoisotopic (exact) mass is 403 g/mol. The Morgan fingerprint density at radius 3 is 2.80 bits per heavy atom. The molecule has 1 aliphatic carbocycles. The lowest BCUT2D eigenvalue weighted by molar-refractivity contribution is -0.131. The second-order valence-electron chi connectivity index (χ2n) is 7.12. The zero-order valence-corrected chi connectivity index (χ0v) is 17.1. The minimum Gasteiger partial charge on any atom is -0.489 e. The first-order valence-electron chi connectivity index (χ1n) is 9.86. The van der Waals surface area contributed by atoms with Crippen LogP contribution in [0, 0.1) is 5.92 Å². The van der Waals surface area contributed by atoms with E-state index in [2.05, 4.69) is 24.4 Å². The van der Waals surface area contributed by atoms with Crippen molar-refractivity contribution >= 4 is 23.6 Å². The molecule has 1 N–H and O–H groups in total. The molecule has 2 aromatic carbocycles. The first kappa shape index (κ1) is 21.1.